The van der Waals surface area contributed by atoms with Crippen LogP contribution < -0.4 is 10.1 Å². The summed E-state index contributed by atoms with van der Waals surface area (Å²) in [5.41, 5.74) is 2.46. The molecule has 1 aromatic carbocycles. The van der Waals surface area contributed by atoms with Crippen LogP contribution in [0.4, 0.5) is 0 Å². The van der Waals surface area contributed by atoms with Crippen LogP contribution in [0.5, 0.6) is 5.75 Å². The third-order valence-electron chi connectivity index (χ3n) is 4.38. The first-order valence-electron chi connectivity index (χ1n) is 8.88. The molecule has 3 rings (SSSR count). The summed E-state index contributed by atoms with van der Waals surface area (Å²) in [6.45, 7) is 7.35. The fourth-order valence-electron chi connectivity index (χ4n) is 3.17. The van der Waals surface area contributed by atoms with Gasteiger partial charge in [-0.15, -0.1) is 0 Å². The van der Waals surface area contributed by atoms with Gasteiger partial charge in [0.25, 0.3) is 0 Å². The molecule has 1 unspecified atom stereocenters. The molecule has 0 fully saturated rings. The number of hydrogen-bond acceptors (Lipinski definition) is 4. The van der Waals surface area contributed by atoms with Crippen LogP contribution >= 0.6 is 0 Å². The highest BCUT2D eigenvalue weighted by Gasteiger charge is 2.20. The van der Waals surface area contributed by atoms with Crippen molar-refractivity contribution in [1.29, 1.82) is 0 Å². The normalized spacial score (nSPS) is 17.4. The van der Waals surface area contributed by atoms with Crippen molar-refractivity contribution < 1.29 is 13.9 Å². The number of benzene rings is 1. The lowest BCUT2D eigenvalue weighted by molar-refractivity contribution is -0.121. The maximum absolute atomic E-state index is 12.0. The molecule has 0 saturated heterocycles. The molecule has 0 radical (unpaired) electrons. The van der Waals surface area contributed by atoms with E-state index in [-0.39, 0.29) is 12.0 Å². The van der Waals surface area contributed by atoms with Crippen LogP contribution in [-0.4, -0.2) is 36.5 Å². The van der Waals surface area contributed by atoms with E-state index in [1.807, 2.05) is 12.1 Å². The van der Waals surface area contributed by atoms with Gasteiger partial charge >= 0.3 is 0 Å². The highest BCUT2D eigenvalue weighted by Crippen LogP contribution is 2.25. The van der Waals surface area contributed by atoms with Gasteiger partial charge in [-0.05, 0) is 32.0 Å². The molecule has 0 bridgehead atoms. The number of amides is 1. The lowest BCUT2D eigenvalue weighted by atomic mass is 10.1. The fourth-order valence-corrected chi connectivity index (χ4v) is 3.17. The molecule has 0 saturated carbocycles. The molecule has 1 amide bonds. The molecular weight excluding hydrogens is 316 g/mol. The van der Waals surface area contributed by atoms with Crippen molar-refractivity contribution in [3.05, 3.63) is 53.5 Å². The Labute approximate surface area is 149 Å². The Morgan fingerprint density at radius 3 is 3.04 bits per heavy atom. The van der Waals surface area contributed by atoms with Crippen molar-refractivity contribution >= 4 is 5.91 Å². The van der Waals surface area contributed by atoms with Gasteiger partial charge in [-0.1, -0.05) is 17.7 Å². The molecule has 0 aliphatic carbocycles. The van der Waals surface area contributed by atoms with Crippen molar-refractivity contribution in [2.75, 3.05) is 19.6 Å². The summed E-state index contributed by atoms with van der Waals surface area (Å²) in [7, 11) is 0. The van der Waals surface area contributed by atoms with Crippen molar-refractivity contribution in [2.45, 2.75) is 39.3 Å². The second kappa shape index (κ2) is 8.21. The molecule has 2 aromatic rings. The van der Waals surface area contributed by atoms with Gasteiger partial charge in [0.1, 0.15) is 17.6 Å². The Morgan fingerprint density at radius 1 is 1.36 bits per heavy atom. The van der Waals surface area contributed by atoms with Gasteiger partial charge in [0, 0.05) is 44.6 Å². The third-order valence-corrected chi connectivity index (χ3v) is 4.38. The van der Waals surface area contributed by atoms with Gasteiger partial charge in [-0.25, -0.2) is 0 Å². The molecule has 1 atom stereocenters. The average molecular weight is 342 g/mol. The Kier molecular flexibility index (Phi) is 5.76. The summed E-state index contributed by atoms with van der Waals surface area (Å²) in [4.78, 5) is 14.3. The molecule has 5 nitrogen and oxygen atoms in total. The maximum atomic E-state index is 12.0. The van der Waals surface area contributed by atoms with E-state index in [4.69, 9.17) is 9.15 Å². The van der Waals surface area contributed by atoms with Gasteiger partial charge in [0.2, 0.25) is 5.91 Å². The zero-order chi connectivity index (χ0) is 17.6. The third kappa shape index (κ3) is 5.10. The van der Waals surface area contributed by atoms with Crippen molar-refractivity contribution in [3.8, 4) is 5.75 Å². The van der Waals surface area contributed by atoms with E-state index in [2.05, 4.69) is 42.3 Å². The van der Waals surface area contributed by atoms with Crippen LogP contribution in [0.2, 0.25) is 0 Å². The minimum absolute atomic E-state index is 0.0618. The second-order valence-corrected chi connectivity index (χ2v) is 6.70. The Balaban J connectivity index is 1.46. The van der Waals surface area contributed by atoms with Crippen LogP contribution in [0, 0.1) is 6.92 Å². The summed E-state index contributed by atoms with van der Waals surface area (Å²) >= 11 is 0. The van der Waals surface area contributed by atoms with E-state index >= 15 is 0 Å². The number of carbonyl (C=O) groups excluding carboxylic acids is 1. The Bertz CT molecular complexity index is 697. The minimum Gasteiger partial charge on any atom is -0.489 e. The lowest BCUT2D eigenvalue weighted by Gasteiger charge is -2.21. The minimum atomic E-state index is 0.0618. The molecule has 1 N–H and O–H groups in total. The molecule has 1 aromatic heterocycles. The second-order valence-electron chi connectivity index (χ2n) is 6.70. The van der Waals surface area contributed by atoms with Crippen LogP contribution in [0.1, 0.15) is 30.2 Å². The molecular formula is C20H26N2O3. The largest absolute Gasteiger partial charge is 0.489 e. The number of fused-ring (bicyclic) bond motifs is 1. The standard InChI is InChI=1S/C20H26N2O3/c1-15-5-7-19-17(12-15)14-22(13-16(2)25-19)10-9-21-20(23)8-6-18-4-3-11-24-18/h3-5,7,11-12,16H,6,8-10,13-14H2,1-2H3,(H,21,23). The van der Waals surface area contributed by atoms with Crippen LogP contribution in [-0.2, 0) is 17.8 Å². The number of nitrogens with zero attached hydrogens (tertiary/aromatic N) is 1. The summed E-state index contributed by atoms with van der Waals surface area (Å²) in [5.74, 6) is 1.88. The van der Waals surface area contributed by atoms with E-state index in [1.54, 1.807) is 6.26 Å². The van der Waals surface area contributed by atoms with Gasteiger partial charge in [0.15, 0.2) is 0 Å². The van der Waals surface area contributed by atoms with Gasteiger partial charge in [-0.2, -0.15) is 0 Å². The predicted molar refractivity (Wildman–Crippen MR) is 96.6 cm³/mol. The highest BCUT2D eigenvalue weighted by atomic mass is 16.5. The maximum Gasteiger partial charge on any atom is 0.220 e. The van der Waals surface area contributed by atoms with Gasteiger partial charge < -0.3 is 14.5 Å². The first-order chi connectivity index (χ1) is 12.1. The van der Waals surface area contributed by atoms with E-state index in [0.29, 0.717) is 19.4 Å². The van der Waals surface area contributed by atoms with Crippen LogP contribution in [0.25, 0.3) is 0 Å². The average Bonchev–Trinajstić information content (AvgIpc) is 3.03. The summed E-state index contributed by atoms with van der Waals surface area (Å²) in [6.07, 6.45) is 2.86. The van der Waals surface area contributed by atoms with Gasteiger partial charge in [0.05, 0.1) is 6.26 Å². The van der Waals surface area contributed by atoms with E-state index < -0.39 is 0 Å². The number of ether oxygens (including phenoxy) is 1. The zero-order valence-corrected chi connectivity index (χ0v) is 15.0. The first kappa shape index (κ1) is 17.5. The number of aryl methyl sites for hydroxylation is 2. The monoisotopic (exact) mass is 342 g/mol. The number of hydrogen-bond donors (Lipinski definition) is 1. The summed E-state index contributed by atoms with van der Waals surface area (Å²) in [5, 5.41) is 3.00. The molecule has 25 heavy (non-hydrogen) atoms. The number of nitrogens with one attached hydrogen (secondary N) is 1. The van der Waals surface area contributed by atoms with Crippen molar-refractivity contribution in [1.82, 2.24) is 10.2 Å². The fraction of sp³-hybridized carbons (Fsp3) is 0.450. The Morgan fingerprint density at radius 2 is 2.24 bits per heavy atom. The molecule has 1 aliphatic heterocycles. The highest BCUT2D eigenvalue weighted by molar-refractivity contribution is 5.76. The molecule has 5 heteroatoms. The Hall–Kier alpha value is -2.27. The van der Waals surface area contributed by atoms with Crippen molar-refractivity contribution in [2.24, 2.45) is 0 Å². The van der Waals surface area contributed by atoms with Gasteiger partial charge in [-0.3, -0.25) is 9.69 Å². The molecule has 0 spiro atoms. The molecule has 134 valence electrons. The zero-order valence-electron chi connectivity index (χ0n) is 15.0. The lowest BCUT2D eigenvalue weighted by Crippen LogP contribution is -2.37. The van der Waals surface area contributed by atoms with Crippen LogP contribution in [0.3, 0.4) is 0 Å². The first-order valence-corrected chi connectivity index (χ1v) is 8.88. The van der Waals surface area contributed by atoms with Crippen molar-refractivity contribution in [3.63, 3.8) is 0 Å². The SMILES string of the molecule is Cc1ccc2c(c1)CN(CCNC(=O)CCc1ccco1)CC(C)O2. The van der Waals surface area contributed by atoms with E-state index in [0.717, 1.165) is 31.1 Å². The molecule has 2 heterocycles. The topological polar surface area (TPSA) is 54.7 Å². The number of rotatable bonds is 6. The summed E-state index contributed by atoms with van der Waals surface area (Å²) in [6, 6.07) is 10.1. The van der Waals surface area contributed by atoms with E-state index in [9.17, 15) is 4.79 Å². The van der Waals surface area contributed by atoms with E-state index in [1.165, 1.54) is 11.1 Å². The number of carbonyl (C=O) groups is 1. The quantitative estimate of drug-likeness (QED) is 0.877. The molecule has 1 aliphatic rings. The summed E-state index contributed by atoms with van der Waals surface area (Å²) < 4.78 is 11.3. The van der Waals surface area contributed by atoms with Crippen LogP contribution in [0.15, 0.2) is 41.0 Å². The predicted octanol–water partition coefficient (Wildman–Crippen LogP) is 2.92. The smallest absolute Gasteiger partial charge is 0.220 e. The number of furan rings is 1.